The fourth-order valence-electron chi connectivity index (χ4n) is 0.126. The second-order valence-corrected chi connectivity index (χ2v) is 0.853. The van der Waals surface area contributed by atoms with Gasteiger partial charge in [-0.25, -0.2) is 4.79 Å². The third-order valence-corrected chi connectivity index (χ3v) is 0.305. The summed E-state index contributed by atoms with van der Waals surface area (Å²) in [4.78, 5) is 9.48. The average Bonchev–Trinajstić information content (AvgIpc) is 1.61. The summed E-state index contributed by atoms with van der Waals surface area (Å²) in [5, 5.41) is 7.77. The Balaban J connectivity index is 0. The molecular weight excluding hydrogens is 110 g/mol. The van der Waals surface area contributed by atoms with Gasteiger partial charge in [0.2, 0.25) is 0 Å². The number of carboxylic acid groups (broad SMARTS) is 1. The first-order chi connectivity index (χ1) is 3.27. The van der Waals surface area contributed by atoms with Crippen molar-refractivity contribution in [2.45, 2.75) is 6.92 Å². The minimum absolute atomic E-state index is 0. The zero-order valence-electron chi connectivity index (χ0n) is 4.63. The Labute approximate surface area is 47.3 Å². The highest BCUT2D eigenvalue weighted by molar-refractivity contribution is 5.57. The van der Waals surface area contributed by atoms with Gasteiger partial charge in [-0.3, -0.25) is 0 Å². The number of carbonyl (C=O) groups is 1. The molecule has 0 aliphatic rings. The van der Waals surface area contributed by atoms with Gasteiger partial charge in [0.15, 0.2) is 0 Å². The second-order valence-electron chi connectivity index (χ2n) is 0.853. The van der Waals surface area contributed by atoms with E-state index in [1.165, 1.54) is 6.08 Å². The molecule has 0 fully saturated rings. The first kappa shape index (κ1) is 10.1. The van der Waals surface area contributed by atoms with Crippen LogP contribution >= 0.6 is 0 Å². The predicted octanol–water partition coefficient (Wildman–Crippen LogP) is 1.38. The monoisotopic (exact) mass is 119 g/mol. The molecule has 0 saturated carbocycles. The number of hydrogen-bond donors (Lipinski definition) is 2. The molecule has 0 aliphatic heterocycles. The molecule has 0 atom stereocenters. The number of allylic oxidation sites excluding steroid dienone is 1. The maximum Gasteiger partial charge on any atom is 0.510 e. The van der Waals surface area contributed by atoms with E-state index in [0.29, 0.717) is 0 Å². The van der Waals surface area contributed by atoms with Crippen LogP contribution in [0.4, 0.5) is 4.79 Å². The highest BCUT2D eigenvalue weighted by atomic mass is 16.7. The topological polar surface area (TPSA) is 81.5 Å². The van der Waals surface area contributed by atoms with Gasteiger partial charge in [-0.05, 0) is 6.92 Å². The molecule has 0 aromatic heterocycles. The molecule has 4 nitrogen and oxygen atoms in total. The van der Waals surface area contributed by atoms with E-state index in [4.69, 9.17) is 5.11 Å². The van der Waals surface area contributed by atoms with E-state index in [1.54, 1.807) is 6.92 Å². The lowest BCUT2D eigenvalue weighted by molar-refractivity contribution is 0.128. The van der Waals surface area contributed by atoms with Crippen LogP contribution in [0.3, 0.4) is 0 Å². The molecule has 4 N–H and O–H groups in total. The smallest absolute Gasteiger partial charge is 0.449 e. The Morgan fingerprint density at radius 3 is 2.38 bits per heavy atom. The molecule has 0 heterocycles. The van der Waals surface area contributed by atoms with Crippen molar-refractivity contribution < 1.29 is 14.6 Å². The van der Waals surface area contributed by atoms with Gasteiger partial charge in [0.05, 0.1) is 6.26 Å². The SMILES string of the molecule is CC=COC(=O)O.N. The second kappa shape index (κ2) is 5.97. The quantitative estimate of drug-likeness (QED) is 0.403. The van der Waals surface area contributed by atoms with Gasteiger partial charge in [-0.2, -0.15) is 0 Å². The van der Waals surface area contributed by atoms with Crippen molar-refractivity contribution >= 4 is 6.16 Å². The third-order valence-electron chi connectivity index (χ3n) is 0.305. The van der Waals surface area contributed by atoms with Crippen LogP contribution in [-0.4, -0.2) is 11.3 Å². The van der Waals surface area contributed by atoms with Gasteiger partial charge in [0, 0.05) is 0 Å². The van der Waals surface area contributed by atoms with Gasteiger partial charge in [0.25, 0.3) is 0 Å². The molecule has 8 heavy (non-hydrogen) atoms. The summed E-state index contributed by atoms with van der Waals surface area (Å²) >= 11 is 0. The Morgan fingerprint density at radius 1 is 1.75 bits per heavy atom. The van der Waals surface area contributed by atoms with Gasteiger partial charge in [-0.1, -0.05) is 6.08 Å². The normalized spacial score (nSPS) is 8.12. The van der Waals surface area contributed by atoms with Gasteiger partial charge in [-0.15, -0.1) is 0 Å². The lowest BCUT2D eigenvalue weighted by Crippen LogP contribution is -1.90. The van der Waals surface area contributed by atoms with Crippen LogP contribution in [0.25, 0.3) is 0 Å². The summed E-state index contributed by atoms with van der Waals surface area (Å²) in [7, 11) is 0. The Morgan fingerprint density at radius 2 is 2.25 bits per heavy atom. The van der Waals surface area contributed by atoms with Crippen molar-refractivity contribution in [2.24, 2.45) is 0 Å². The fraction of sp³-hybridized carbons (Fsp3) is 0.250. The van der Waals surface area contributed by atoms with Crippen molar-refractivity contribution in [1.82, 2.24) is 6.15 Å². The van der Waals surface area contributed by atoms with Crippen LogP contribution in [0.15, 0.2) is 12.3 Å². The zero-order valence-corrected chi connectivity index (χ0v) is 4.63. The number of rotatable bonds is 1. The Kier molecular flexibility index (Phi) is 7.51. The lowest BCUT2D eigenvalue weighted by atomic mass is 10.7. The molecule has 0 spiro atoms. The Bertz CT molecular complexity index is 89.3. The van der Waals surface area contributed by atoms with E-state index in [-0.39, 0.29) is 6.15 Å². The largest absolute Gasteiger partial charge is 0.510 e. The van der Waals surface area contributed by atoms with E-state index in [0.717, 1.165) is 6.26 Å². The van der Waals surface area contributed by atoms with Crippen LogP contribution in [0, 0.1) is 0 Å². The van der Waals surface area contributed by atoms with Gasteiger partial charge < -0.3 is 16.0 Å². The average molecular weight is 119 g/mol. The first-order valence-corrected chi connectivity index (χ1v) is 1.78. The van der Waals surface area contributed by atoms with E-state index in [9.17, 15) is 4.79 Å². The summed E-state index contributed by atoms with van der Waals surface area (Å²) in [6.45, 7) is 1.67. The molecule has 0 radical (unpaired) electrons. The molecule has 0 saturated heterocycles. The number of ether oxygens (including phenoxy) is 1. The summed E-state index contributed by atoms with van der Waals surface area (Å²) in [6.07, 6.45) is 1.31. The molecule has 0 rings (SSSR count). The van der Waals surface area contributed by atoms with Crippen molar-refractivity contribution in [3.63, 3.8) is 0 Å². The minimum Gasteiger partial charge on any atom is -0.449 e. The predicted molar refractivity (Wildman–Crippen MR) is 28.9 cm³/mol. The standard InChI is InChI=1S/C4H6O3.H3N/c1-2-3-7-4(5)6;/h2-3H,1H3,(H,5,6);1H3. The van der Waals surface area contributed by atoms with Crippen molar-refractivity contribution in [3.8, 4) is 0 Å². The summed E-state index contributed by atoms with van der Waals surface area (Å²) < 4.78 is 3.93. The van der Waals surface area contributed by atoms with Crippen molar-refractivity contribution in [1.29, 1.82) is 0 Å². The van der Waals surface area contributed by atoms with Crippen LogP contribution in [0.5, 0.6) is 0 Å². The zero-order chi connectivity index (χ0) is 5.70. The maximum absolute atomic E-state index is 9.48. The van der Waals surface area contributed by atoms with E-state index in [2.05, 4.69) is 4.74 Å². The lowest BCUT2D eigenvalue weighted by Gasteiger charge is -1.83. The van der Waals surface area contributed by atoms with Crippen LogP contribution in [-0.2, 0) is 4.74 Å². The first-order valence-electron chi connectivity index (χ1n) is 1.78. The summed E-state index contributed by atoms with van der Waals surface area (Å²) in [5.41, 5.74) is 0. The fourth-order valence-corrected chi connectivity index (χ4v) is 0.126. The molecule has 0 unspecified atom stereocenters. The summed E-state index contributed by atoms with van der Waals surface area (Å²) in [5.74, 6) is 0. The highest BCUT2D eigenvalue weighted by Crippen LogP contribution is 1.75. The molecule has 0 aliphatic carbocycles. The van der Waals surface area contributed by atoms with E-state index < -0.39 is 6.16 Å². The van der Waals surface area contributed by atoms with E-state index in [1.807, 2.05) is 0 Å². The Hall–Kier alpha value is -1.03. The minimum atomic E-state index is -1.28. The molecule has 48 valence electrons. The molecule has 0 amide bonds. The van der Waals surface area contributed by atoms with Crippen LogP contribution in [0.1, 0.15) is 6.92 Å². The van der Waals surface area contributed by atoms with Crippen LogP contribution < -0.4 is 6.15 Å². The summed E-state index contributed by atoms with van der Waals surface area (Å²) in [6, 6.07) is 0. The molecule has 0 aromatic carbocycles. The third kappa shape index (κ3) is 8.88. The molecular formula is C4H9NO3. The van der Waals surface area contributed by atoms with Gasteiger partial charge in [0.1, 0.15) is 0 Å². The van der Waals surface area contributed by atoms with Crippen LogP contribution in [0.2, 0.25) is 0 Å². The van der Waals surface area contributed by atoms with Crippen molar-refractivity contribution in [3.05, 3.63) is 12.3 Å². The number of hydrogen-bond acceptors (Lipinski definition) is 3. The highest BCUT2D eigenvalue weighted by Gasteiger charge is 1.85. The molecule has 0 aromatic rings. The molecule has 0 bridgehead atoms. The molecule has 4 heteroatoms. The van der Waals surface area contributed by atoms with E-state index >= 15 is 0 Å². The van der Waals surface area contributed by atoms with Crippen molar-refractivity contribution in [2.75, 3.05) is 0 Å². The van der Waals surface area contributed by atoms with Gasteiger partial charge >= 0.3 is 6.16 Å². The maximum atomic E-state index is 9.48.